The van der Waals surface area contributed by atoms with Gasteiger partial charge in [0.15, 0.2) is 18.3 Å². The van der Waals surface area contributed by atoms with Crippen LogP contribution in [0.15, 0.2) is 24.3 Å². The fourth-order valence-corrected chi connectivity index (χ4v) is 3.59. The molecule has 1 fully saturated rings. The number of benzene rings is 1. The lowest BCUT2D eigenvalue weighted by Crippen LogP contribution is -2.59. The van der Waals surface area contributed by atoms with E-state index in [4.69, 9.17) is 23.7 Å². The van der Waals surface area contributed by atoms with Crippen LogP contribution in [0.2, 0.25) is 0 Å². The molecular weight excluding hydrogens is 420 g/mol. The lowest BCUT2D eigenvalue weighted by molar-refractivity contribution is -0.254. The largest absolute Gasteiger partial charge is 0.463 e. The van der Waals surface area contributed by atoms with Crippen molar-refractivity contribution in [3.8, 4) is 0 Å². The SMILES string of the molecule is CC(=O)OC[C@H]1O[C@@H](c2cccc(C(C)C)c2)[C@H](OC(C)=O)[C@@H](OC(C)=O)[C@@H]1OC(C)=O. The van der Waals surface area contributed by atoms with Crippen molar-refractivity contribution in [2.75, 3.05) is 6.61 Å². The fraction of sp³-hybridized carbons (Fsp3) is 0.565. The molecule has 1 heterocycles. The van der Waals surface area contributed by atoms with E-state index in [1.165, 1.54) is 27.7 Å². The molecule has 1 saturated heterocycles. The van der Waals surface area contributed by atoms with E-state index in [0.29, 0.717) is 5.56 Å². The highest BCUT2D eigenvalue weighted by Gasteiger charge is 2.52. The molecule has 9 nitrogen and oxygen atoms in total. The summed E-state index contributed by atoms with van der Waals surface area (Å²) in [6, 6.07) is 7.51. The van der Waals surface area contributed by atoms with E-state index in [-0.39, 0.29) is 12.5 Å². The Morgan fingerprint density at radius 2 is 1.41 bits per heavy atom. The van der Waals surface area contributed by atoms with Crippen LogP contribution in [0.3, 0.4) is 0 Å². The van der Waals surface area contributed by atoms with E-state index in [1.54, 1.807) is 6.07 Å². The number of carbonyl (C=O) groups is 4. The highest BCUT2D eigenvalue weighted by molar-refractivity contribution is 5.68. The van der Waals surface area contributed by atoms with Gasteiger partial charge in [-0.05, 0) is 17.0 Å². The van der Waals surface area contributed by atoms with Crippen LogP contribution in [-0.4, -0.2) is 54.9 Å². The Kier molecular flexibility index (Phi) is 8.77. The number of carbonyl (C=O) groups excluding carboxylic acids is 4. The average Bonchev–Trinajstić information content (AvgIpc) is 2.68. The normalized spacial score (nSPS) is 25.0. The molecule has 176 valence electrons. The van der Waals surface area contributed by atoms with Gasteiger partial charge in [0.25, 0.3) is 0 Å². The predicted octanol–water partition coefficient (Wildman–Crippen LogP) is 2.61. The van der Waals surface area contributed by atoms with Crippen LogP contribution in [-0.2, 0) is 42.9 Å². The Morgan fingerprint density at radius 1 is 0.844 bits per heavy atom. The molecule has 1 aromatic rings. The van der Waals surface area contributed by atoms with Crippen molar-refractivity contribution in [2.24, 2.45) is 0 Å². The molecule has 0 aliphatic carbocycles. The summed E-state index contributed by atoms with van der Waals surface area (Å²) >= 11 is 0. The molecule has 0 saturated carbocycles. The topological polar surface area (TPSA) is 114 Å². The number of rotatable bonds is 7. The summed E-state index contributed by atoms with van der Waals surface area (Å²) in [7, 11) is 0. The van der Waals surface area contributed by atoms with Gasteiger partial charge in [0, 0.05) is 27.7 Å². The van der Waals surface area contributed by atoms with Crippen molar-refractivity contribution in [2.45, 2.75) is 78.0 Å². The molecule has 2 rings (SSSR count). The minimum Gasteiger partial charge on any atom is -0.463 e. The van der Waals surface area contributed by atoms with Crippen molar-refractivity contribution < 1.29 is 42.9 Å². The second kappa shape index (κ2) is 11.1. The van der Waals surface area contributed by atoms with E-state index in [2.05, 4.69) is 0 Å². The summed E-state index contributed by atoms with van der Waals surface area (Å²) in [6.07, 6.45) is -5.27. The average molecular weight is 450 g/mol. The van der Waals surface area contributed by atoms with E-state index in [1.807, 2.05) is 32.0 Å². The highest BCUT2D eigenvalue weighted by Crippen LogP contribution is 2.38. The van der Waals surface area contributed by atoms with Crippen LogP contribution in [0, 0.1) is 0 Å². The van der Waals surface area contributed by atoms with Gasteiger partial charge in [0.2, 0.25) is 0 Å². The van der Waals surface area contributed by atoms with Gasteiger partial charge in [-0.1, -0.05) is 38.1 Å². The quantitative estimate of drug-likeness (QED) is 0.457. The van der Waals surface area contributed by atoms with Crippen molar-refractivity contribution in [1.29, 1.82) is 0 Å². The van der Waals surface area contributed by atoms with Crippen molar-refractivity contribution >= 4 is 23.9 Å². The Morgan fingerprint density at radius 3 is 1.94 bits per heavy atom. The van der Waals surface area contributed by atoms with Gasteiger partial charge in [-0.2, -0.15) is 0 Å². The molecule has 0 bridgehead atoms. The zero-order chi connectivity index (χ0) is 24.0. The van der Waals surface area contributed by atoms with Gasteiger partial charge < -0.3 is 23.7 Å². The van der Waals surface area contributed by atoms with Crippen LogP contribution in [0.4, 0.5) is 0 Å². The minimum atomic E-state index is -1.18. The smallest absolute Gasteiger partial charge is 0.303 e. The third kappa shape index (κ3) is 6.78. The maximum Gasteiger partial charge on any atom is 0.303 e. The van der Waals surface area contributed by atoms with E-state index in [0.717, 1.165) is 5.56 Å². The molecule has 32 heavy (non-hydrogen) atoms. The molecule has 9 heteroatoms. The van der Waals surface area contributed by atoms with Crippen LogP contribution >= 0.6 is 0 Å². The van der Waals surface area contributed by atoms with Crippen molar-refractivity contribution in [3.63, 3.8) is 0 Å². The third-order valence-electron chi connectivity index (χ3n) is 4.90. The maximum absolute atomic E-state index is 11.9. The van der Waals surface area contributed by atoms with Gasteiger partial charge in [0.1, 0.15) is 18.8 Å². The molecular formula is C23H30O9. The van der Waals surface area contributed by atoms with Gasteiger partial charge in [0.05, 0.1) is 0 Å². The molecule has 0 spiro atoms. The first-order chi connectivity index (χ1) is 15.0. The van der Waals surface area contributed by atoms with E-state index < -0.39 is 54.4 Å². The third-order valence-corrected chi connectivity index (χ3v) is 4.90. The first-order valence-corrected chi connectivity index (χ1v) is 10.4. The standard InChI is InChI=1S/C23H30O9/c1-12(2)17-8-7-9-18(10-17)20-22(30-15(5)26)23(31-16(6)27)21(29-14(4)25)19(32-20)11-28-13(3)24/h7-10,12,19-23H,11H2,1-6H3/t19-,20+,21-,22+,23+/m1/s1. The number of hydrogen-bond donors (Lipinski definition) is 0. The van der Waals surface area contributed by atoms with Gasteiger partial charge in [-0.3, -0.25) is 19.2 Å². The summed E-state index contributed by atoms with van der Waals surface area (Å²) in [5.74, 6) is -2.28. The first kappa shape index (κ1) is 25.3. The van der Waals surface area contributed by atoms with Crippen molar-refractivity contribution in [1.82, 2.24) is 0 Å². The molecule has 1 aliphatic rings. The summed E-state index contributed by atoms with van der Waals surface area (Å²) < 4.78 is 27.7. The zero-order valence-electron chi connectivity index (χ0n) is 19.2. The molecule has 0 radical (unpaired) electrons. The maximum atomic E-state index is 11.9. The zero-order valence-corrected chi connectivity index (χ0v) is 19.2. The van der Waals surface area contributed by atoms with Crippen molar-refractivity contribution in [3.05, 3.63) is 35.4 Å². The molecule has 0 amide bonds. The second-order valence-corrected chi connectivity index (χ2v) is 7.94. The Labute approximate surface area is 187 Å². The highest BCUT2D eigenvalue weighted by atomic mass is 16.7. The lowest BCUT2D eigenvalue weighted by Gasteiger charge is -2.44. The summed E-state index contributed by atoms with van der Waals surface area (Å²) in [6.45, 7) is 8.65. The summed E-state index contributed by atoms with van der Waals surface area (Å²) in [5, 5.41) is 0. The monoisotopic (exact) mass is 450 g/mol. The van der Waals surface area contributed by atoms with Crippen LogP contribution in [0.1, 0.15) is 64.7 Å². The van der Waals surface area contributed by atoms with E-state index in [9.17, 15) is 19.2 Å². The van der Waals surface area contributed by atoms with Crippen LogP contribution < -0.4 is 0 Å². The number of ether oxygens (including phenoxy) is 5. The summed E-state index contributed by atoms with van der Waals surface area (Å²) in [4.78, 5) is 47.0. The number of hydrogen-bond acceptors (Lipinski definition) is 9. The molecule has 5 atom stereocenters. The fourth-order valence-electron chi connectivity index (χ4n) is 3.59. The van der Waals surface area contributed by atoms with Crippen LogP contribution in [0.5, 0.6) is 0 Å². The summed E-state index contributed by atoms with van der Waals surface area (Å²) in [5.41, 5.74) is 1.70. The predicted molar refractivity (Wildman–Crippen MR) is 111 cm³/mol. The van der Waals surface area contributed by atoms with Gasteiger partial charge in [-0.15, -0.1) is 0 Å². The number of esters is 4. The van der Waals surface area contributed by atoms with E-state index >= 15 is 0 Å². The lowest BCUT2D eigenvalue weighted by atomic mass is 9.89. The minimum absolute atomic E-state index is 0.223. The molecule has 0 aromatic heterocycles. The Bertz CT molecular complexity index is 848. The molecule has 1 aromatic carbocycles. The van der Waals surface area contributed by atoms with Crippen LogP contribution in [0.25, 0.3) is 0 Å². The van der Waals surface area contributed by atoms with Gasteiger partial charge >= 0.3 is 23.9 Å². The Balaban J connectivity index is 2.57. The first-order valence-electron chi connectivity index (χ1n) is 10.4. The Hall–Kier alpha value is -2.94. The molecule has 1 aliphatic heterocycles. The molecule has 0 N–H and O–H groups in total. The van der Waals surface area contributed by atoms with Gasteiger partial charge in [-0.25, -0.2) is 0 Å². The second-order valence-electron chi connectivity index (χ2n) is 7.94. The molecule has 0 unspecified atom stereocenters.